The molecular weight excluding hydrogens is 334 g/mol. The summed E-state index contributed by atoms with van der Waals surface area (Å²) in [6.07, 6.45) is -0.222. The summed E-state index contributed by atoms with van der Waals surface area (Å²) in [6.45, 7) is 10.5. The second kappa shape index (κ2) is 9.22. The van der Waals surface area contributed by atoms with Gasteiger partial charge in [-0.3, -0.25) is 9.59 Å². The van der Waals surface area contributed by atoms with Gasteiger partial charge in [-0.1, -0.05) is 19.1 Å². The summed E-state index contributed by atoms with van der Waals surface area (Å²) < 4.78 is 5.14. The highest BCUT2D eigenvalue weighted by Crippen LogP contribution is 2.16. The molecule has 0 fully saturated rings. The number of nitrogens with one attached hydrogen (secondary N) is 3. The molecule has 0 aliphatic carbocycles. The number of ether oxygens (including phenoxy) is 1. The van der Waals surface area contributed by atoms with Crippen molar-refractivity contribution in [3.05, 3.63) is 29.8 Å². The van der Waals surface area contributed by atoms with Crippen molar-refractivity contribution in [2.75, 3.05) is 5.32 Å². The Morgan fingerprint density at radius 1 is 1.04 bits per heavy atom. The van der Waals surface area contributed by atoms with Gasteiger partial charge in [-0.25, -0.2) is 4.79 Å². The molecule has 1 aromatic carbocycles. The highest BCUT2D eigenvalue weighted by molar-refractivity contribution is 5.90. The van der Waals surface area contributed by atoms with E-state index in [1.807, 2.05) is 19.1 Å². The van der Waals surface area contributed by atoms with E-state index in [1.54, 1.807) is 46.8 Å². The van der Waals surface area contributed by atoms with Gasteiger partial charge in [0.15, 0.2) is 0 Å². The lowest BCUT2D eigenvalue weighted by Crippen LogP contribution is -2.47. The molecule has 0 aromatic heterocycles. The van der Waals surface area contributed by atoms with Crippen molar-refractivity contribution in [2.24, 2.45) is 0 Å². The Morgan fingerprint density at radius 2 is 1.62 bits per heavy atom. The highest BCUT2D eigenvalue weighted by Gasteiger charge is 2.22. The molecule has 0 aliphatic rings. The molecule has 1 rings (SSSR count). The summed E-state index contributed by atoms with van der Waals surface area (Å²) in [4.78, 5) is 35.4. The van der Waals surface area contributed by atoms with Gasteiger partial charge in [-0.15, -0.1) is 0 Å². The molecule has 26 heavy (non-hydrogen) atoms. The molecule has 0 bridgehead atoms. The molecule has 0 saturated carbocycles. The molecule has 2 atom stereocenters. The number of carbonyl (C=O) groups excluding carboxylic acids is 3. The van der Waals surface area contributed by atoms with E-state index in [-0.39, 0.29) is 17.9 Å². The van der Waals surface area contributed by atoms with Crippen LogP contribution in [0.4, 0.5) is 10.5 Å². The highest BCUT2D eigenvalue weighted by atomic mass is 16.6. The zero-order valence-corrected chi connectivity index (χ0v) is 16.3. The van der Waals surface area contributed by atoms with Gasteiger partial charge in [0.05, 0.1) is 6.04 Å². The van der Waals surface area contributed by atoms with E-state index in [4.69, 9.17) is 4.74 Å². The van der Waals surface area contributed by atoms with Crippen molar-refractivity contribution in [3.8, 4) is 0 Å². The monoisotopic (exact) mass is 363 g/mol. The van der Waals surface area contributed by atoms with E-state index in [1.165, 1.54) is 0 Å². The molecule has 0 aliphatic heterocycles. The molecule has 2 unspecified atom stereocenters. The Morgan fingerprint density at radius 3 is 2.12 bits per heavy atom. The minimum Gasteiger partial charge on any atom is -0.444 e. The first-order valence-electron chi connectivity index (χ1n) is 8.71. The second-order valence-corrected chi connectivity index (χ2v) is 7.12. The predicted molar refractivity (Wildman–Crippen MR) is 101 cm³/mol. The Labute approximate surface area is 154 Å². The summed E-state index contributed by atoms with van der Waals surface area (Å²) in [7, 11) is 0. The fraction of sp³-hybridized carbons (Fsp3) is 0.526. The zero-order chi connectivity index (χ0) is 19.9. The third-order valence-electron chi connectivity index (χ3n) is 3.50. The number of benzene rings is 1. The van der Waals surface area contributed by atoms with Crippen molar-refractivity contribution in [1.29, 1.82) is 0 Å². The Hall–Kier alpha value is -2.57. The molecule has 0 spiro atoms. The van der Waals surface area contributed by atoms with Crippen LogP contribution >= 0.6 is 0 Å². The first-order valence-corrected chi connectivity index (χ1v) is 8.71. The van der Waals surface area contributed by atoms with Gasteiger partial charge >= 0.3 is 6.09 Å². The SMILES string of the molecule is CCC(=O)Nc1ccc(C(C)NC(=O)C(C)NC(=O)OC(C)(C)C)cc1. The summed E-state index contributed by atoms with van der Waals surface area (Å²) in [5, 5.41) is 8.12. The van der Waals surface area contributed by atoms with Crippen LogP contribution in [0.5, 0.6) is 0 Å². The van der Waals surface area contributed by atoms with E-state index in [0.29, 0.717) is 12.1 Å². The molecule has 3 amide bonds. The van der Waals surface area contributed by atoms with Gasteiger partial charge in [-0.05, 0) is 52.3 Å². The maximum Gasteiger partial charge on any atom is 0.408 e. The van der Waals surface area contributed by atoms with Crippen LogP contribution in [-0.4, -0.2) is 29.6 Å². The number of amides is 3. The van der Waals surface area contributed by atoms with Crippen molar-refractivity contribution in [2.45, 2.75) is 65.6 Å². The van der Waals surface area contributed by atoms with Crippen molar-refractivity contribution < 1.29 is 19.1 Å². The van der Waals surface area contributed by atoms with Crippen LogP contribution in [0, 0.1) is 0 Å². The fourth-order valence-corrected chi connectivity index (χ4v) is 2.08. The van der Waals surface area contributed by atoms with E-state index in [2.05, 4.69) is 16.0 Å². The normalized spacial score (nSPS) is 13.3. The molecule has 0 radical (unpaired) electrons. The second-order valence-electron chi connectivity index (χ2n) is 7.12. The fourth-order valence-electron chi connectivity index (χ4n) is 2.08. The Kier molecular flexibility index (Phi) is 7.61. The first kappa shape index (κ1) is 21.5. The van der Waals surface area contributed by atoms with E-state index < -0.39 is 17.7 Å². The van der Waals surface area contributed by atoms with Gasteiger partial charge in [0, 0.05) is 12.1 Å². The smallest absolute Gasteiger partial charge is 0.408 e. The number of alkyl carbamates (subject to hydrolysis) is 1. The molecule has 7 heteroatoms. The Balaban J connectivity index is 2.57. The summed E-state index contributed by atoms with van der Waals surface area (Å²) in [5.41, 5.74) is 0.971. The summed E-state index contributed by atoms with van der Waals surface area (Å²) in [6, 6.07) is 6.27. The van der Waals surface area contributed by atoms with Crippen LogP contribution < -0.4 is 16.0 Å². The van der Waals surface area contributed by atoms with Crippen LogP contribution in [0.2, 0.25) is 0 Å². The lowest BCUT2D eigenvalue weighted by atomic mass is 10.1. The van der Waals surface area contributed by atoms with Gasteiger partial charge in [0.1, 0.15) is 11.6 Å². The van der Waals surface area contributed by atoms with E-state index in [0.717, 1.165) is 5.56 Å². The predicted octanol–water partition coefficient (Wildman–Crippen LogP) is 3.13. The molecule has 7 nitrogen and oxygen atoms in total. The molecule has 3 N–H and O–H groups in total. The number of hydrogen-bond donors (Lipinski definition) is 3. The average Bonchev–Trinajstić information content (AvgIpc) is 2.53. The average molecular weight is 363 g/mol. The van der Waals surface area contributed by atoms with E-state index >= 15 is 0 Å². The lowest BCUT2D eigenvalue weighted by Gasteiger charge is -2.23. The van der Waals surface area contributed by atoms with Gasteiger partial charge in [0.25, 0.3) is 0 Å². The van der Waals surface area contributed by atoms with Crippen molar-refractivity contribution in [3.63, 3.8) is 0 Å². The van der Waals surface area contributed by atoms with Gasteiger partial charge in [0.2, 0.25) is 11.8 Å². The molecule has 144 valence electrons. The van der Waals surface area contributed by atoms with Crippen LogP contribution in [-0.2, 0) is 14.3 Å². The Bertz CT molecular complexity index is 635. The molecule has 0 heterocycles. The first-order chi connectivity index (χ1) is 12.0. The van der Waals surface area contributed by atoms with Gasteiger partial charge in [-0.2, -0.15) is 0 Å². The zero-order valence-electron chi connectivity index (χ0n) is 16.3. The molecule has 1 aromatic rings. The number of carbonyl (C=O) groups is 3. The largest absolute Gasteiger partial charge is 0.444 e. The van der Waals surface area contributed by atoms with Gasteiger partial charge < -0.3 is 20.7 Å². The summed E-state index contributed by atoms with van der Waals surface area (Å²) >= 11 is 0. The maximum absolute atomic E-state index is 12.2. The molecule has 0 saturated heterocycles. The number of rotatable bonds is 6. The minimum absolute atomic E-state index is 0.0545. The van der Waals surface area contributed by atoms with Crippen LogP contribution in [0.15, 0.2) is 24.3 Å². The topological polar surface area (TPSA) is 96.5 Å². The maximum atomic E-state index is 12.2. The van der Waals surface area contributed by atoms with Crippen molar-refractivity contribution in [1.82, 2.24) is 10.6 Å². The van der Waals surface area contributed by atoms with Crippen LogP contribution in [0.3, 0.4) is 0 Å². The standard InChI is InChI=1S/C19H29N3O4/c1-7-16(23)22-15-10-8-14(9-11-15)12(2)20-17(24)13(3)21-18(25)26-19(4,5)6/h8-13H,7H2,1-6H3,(H,20,24)(H,21,25)(H,22,23). The van der Waals surface area contributed by atoms with Crippen LogP contribution in [0.1, 0.15) is 59.6 Å². The van der Waals surface area contributed by atoms with E-state index in [9.17, 15) is 14.4 Å². The third kappa shape index (κ3) is 7.55. The van der Waals surface area contributed by atoms with Crippen molar-refractivity contribution >= 4 is 23.6 Å². The quantitative estimate of drug-likeness (QED) is 0.723. The number of hydrogen-bond acceptors (Lipinski definition) is 4. The number of anilines is 1. The summed E-state index contributed by atoms with van der Waals surface area (Å²) in [5.74, 6) is -0.368. The van der Waals surface area contributed by atoms with Crippen LogP contribution in [0.25, 0.3) is 0 Å². The molecular formula is C19H29N3O4. The minimum atomic E-state index is -0.726. The third-order valence-corrected chi connectivity index (χ3v) is 3.50. The lowest BCUT2D eigenvalue weighted by molar-refractivity contribution is -0.123.